The summed E-state index contributed by atoms with van der Waals surface area (Å²) in [5.74, 6) is 0.550. The molecule has 3 nitrogen and oxygen atoms in total. The molecule has 0 amide bonds. The van der Waals surface area contributed by atoms with Crippen LogP contribution in [0.4, 0.5) is 4.39 Å². The molecule has 1 aromatic carbocycles. The van der Waals surface area contributed by atoms with E-state index in [1.54, 1.807) is 23.6 Å². The van der Waals surface area contributed by atoms with Crippen molar-refractivity contribution in [1.82, 2.24) is 10.3 Å². The highest BCUT2D eigenvalue weighted by atomic mass is 32.1. The molecule has 0 aliphatic carbocycles. The summed E-state index contributed by atoms with van der Waals surface area (Å²) in [4.78, 5) is 5.14. The molecule has 0 bridgehead atoms. The number of benzene rings is 1. The Hall–Kier alpha value is -1.46. The molecule has 2 rings (SSSR count). The summed E-state index contributed by atoms with van der Waals surface area (Å²) in [5, 5.41) is 4.28. The maximum atomic E-state index is 14.0. The van der Waals surface area contributed by atoms with E-state index in [9.17, 15) is 4.39 Å². The number of aromatic nitrogens is 1. The standard InChI is InChI=1S/C16H21FN2OS/c1-11(2)7-18-8-13-4-5-16(15(17)6-13)20-10-14-9-19-12(3)21-14/h4-6,9,11,18H,7-8,10H2,1-3H3. The minimum absolute atomic E-state index is 0.286. The van der Waals surface area contributed by atoms with Gasteiger partial charge in [0.15, 0.2) is 11.6 Å². The van der Waals surface area contributed by atoms with Gasteiger partial charge in [-0.15, -0.1) is 11.3 Å². The number of nitrogens with one attached hydrogen (secondary N) is 1. The summed E-state index contributed by atoms with van der Waals surface area (Å²) in [6.45, 7) is 8.17. The molecule has 1 N–H and O–H groups in total. The lowest BCUT2D eigenvalue weighted by Gasteiger charge is -2.10. The van der Waals surface area contributed by atoms with E-state index in [1.165, 1.54) is 6.07 Å². The largest absolute Gasteiger partial charge is 0.485 e. The first-order chi connectivity index (χ1) is 10.0. The zero-order valence-electron chi connectivity index (χ0n) is 12.6. The van der Waals surface area contributed by atoms with E-state index in [4.69, 9.17) is 4.74 Å². The minimum Gasteiger partial charge on any atom is -0.485 e. The Kier molecular flexibility index (Phi) is 5.70. The van der Waals surface area contributed by atoms with Crippen LogP contribution >= 0.6 is 11.3 Å². The second-order valence-corrected chi connectivity index (χ2v) is 6.74. The van der Waals surface area contributed by atoms with E-state index in [-0.39, 0.29) is 11.6 Å². The zero-order chi connectivity index (χ0) is 15.2. The van der Waals surface area contributed by atoms with Crippen LogP contribution in [0.1, 0.15) is 29.3 Å². The van der Waals surface area contributed by atoms with Crippen LogP contribution in [0.15, 0.2) is 24.4 Å². The molecule has 0 aliphatic rings. The van der Waals surface area contributed by atoms with Gasteiger partial charge in [0.2, 0.25) is 0 Å². The number of hydrogen-bond donors (Lipinski definition) is 1. The fraction of sp³-hybridized carbons (Fsp3) is 0.438. The summed E-state index contributed by atoms with van der Waals surface area (Å²) in [6.07, 6.45) is 1.77. The third-order valence-electron chi connectivity index (χ3n) is 2.92. The van der Waals surface area contributed by atoms with Crippen molar-refractivity contribution in [3.63, 3.8) is 0 Å². The predicted molar refractivity (Wildman–Crippen MR) is 84.1 cm³/mol. The Morgan fingerprint density at radius 1 is 1.38 bits per heavy atom. The monoisotopic (exact) mass is 308 g/mol. The van der Waals surface area contributed by atoms with Gasteiger partial charge in [0, 0.05) is 12.7 Å². The Morgan fingerprint density at radius 3 is 2.81 bits per heavy atom. The molecular formula is C16H21FN2OS. The lowest BCUT2D eigenvalue weighted by Crippen LogP contribution is -2.19. The fourth-order valence-corrected chi connectivity index (χ4v) is 2.61. The molecule has 1 heterocycles. The molecule has 0 atom stereocenters. The first-order valence-electron chi connectivity index (χ1n) is 7.08. The number of hydrogen-bond acceptors (Lipinski definition) is 4. The summed E-state index contributed by atoms with van der Waals surface area (Å²) in [5.41, 5.74) is 0.925. The smallest absolute Gasteiger partial charge is 0.165 e. The molecule has 0 spiro atoms. The average Bonchev–Trinajstić information content (AvgIpc) is 2.83. The third kappa shape index (κ3) is 5.10. The molecular weight excluding hydrogens is 287 g/mol. The van der Waals surface area contributed by atoms with Crippen LogP contribution in [0.25, 0.3) is 0 Å². The van der Waals surface area contributed by atoms with Gasteiger partial charge < -0.3 is 10.1 Å². The maximum Gasteiger partial charge on any atom is 0.165 e. The number of aryl methyl sites for hydroxylation is 1. The maximum absolute atomic E-state index is 14.0. The minimum atomic E-state index is -0.319. The van der Waals surface area contributed by atoms with Crippen molar-refractivity contribution < 1.29 is 9.13 Å². The highest BCUT2D eigenvalue weighted by molar-refractivity contribution is 7.11. The first-order valence-corrected chi connectivity index (χ1v) is 7.89. The van der Waals surface area contributed by atoms with E-state index in [1.807, 2.05) is 13.0 Å². The lowest BCUT2D eigenvalue weighted by atomic mass is 10.2. The van der Waals surface area contributed by atoms with Gasteiger partial charge >= 0.3 is 0 Å². The second-order valence-electron chi connectivity index (χ2n) is 5.42. The molecule has 21 heavy (non-hydrogen) atoms. The predicted octanol–water partition coefficient (Wildman–Crippen LogP) is 3.92. The van der Waals surface area contributed by atoms with Crippen LogP contribution in [-0.2, 0) is 13.2 Å². The van der Waals surface area contributed by atoms with E-state index in [0.717, 1.165) is 22.0 Å². The topological polar surface area (TPSA) is 34.1 Å². The summed E-state index contributed by atoms with van der Waals surface area (Å²) < 4.78 is 19.5. The Balaban J connectivity index is 1.89. The molecule has 114 valence electrons. The molecule has 1 aromatic heterocycles. The average molecular weight is 308 g/mol. The highest BCUT2D eigenvalue weighted by Crippen LogP contribution is 2.21. The highest BCUT2D eigenvalue weighted by Gasteiger charge is 2.06. The zero-order valence-corrected chi connectivity index (χ0v) is 13.5. The fourth-order valence-electron chi connectivity index (χ4n) is 1.90. The van der Waals surface area contributed by atoms with Gasteiger partial charge in [-0.1, -0.05) is 19.9 Å². The number of ether oxygens (including phenoxy) is 1. The molecule has 0 unspecified atom stereocenters. The van der Waals surface area contributed by atoms with Crippen molar-refractivity contribution in [1.29, 1.82) is 0 Å². The lowest BCUT2D eigenvalue weighted by molar-refractivity contribution is 0.293. The van der Waals surface area contributed by atoms with Crippen molar-refractivity contribution >= 4 is 11.3 Å². The van der Waals surface area contributed by atoms with Crippen molar-refractivity contribution in [3.05, 3.63) is 45.7 Å². The van der Waals surface area contributed by atoms with Gasteiger partial charge in [-0.3, -0.25) is 0 Å². The van der Waals surface area contributed by atoms with Crippen molar-refractivity contribution in [2.45, 2.75) is 33.9 Å². The molecule has 2 aromatic rings. The van der Waals surface area contributed by atoms with Crippen LogP contribution in [0.2, 0.25) is 0 Å². The van der Waals surface area contributed by atoms with Gasteiger partial charge in [-0.2, -0.15) is 0 Å². The molecule has 0 saturated heterocycles. The third-order valence-corrected chi connectivity index (χ3v) is 3.80. The molecule has 0 fully saturated rings. The van der Waals surface area contributed by atoms with Crippen molar-refractivity contribution in [2.75, 3.05) is 6.54 Å². The number of thiazole rings is 1. The number of rotatable bonds is 7. The molecule has 0 radical (unpaired) electrons. The Bertz CT molecular complexity index is 583. The van der Waals surface area contributed by atoms with E-state index < -0.39 is 0 Å². The van der Waals surface area contributed by atoms with Gasteiger partial charge in [0.25, 0.3) is 0 Å². The normalized spacial score (nSPS) is 11.1. The summed E-state index contributed by atoms with van der Waals surface area (Å²) >= 11 is 1.56. The van der Waals surface area contributed by atoms with Gasteiger partial charge in [-0.05, 0) is 37.1 Å². The number of halogens is 1. The summed E-state index contributed by atoms with van der Waals surface area (Å²) in [7, 11) is 0. The SMILES string of the molecule is Cc1ncc(COc2ccc(CNCC(C)C)cc2F)s1. The van der Waals surface area contributed by atoms with Crippen LogP contribution in [0.5, 0.6) is 5.75 Å². The molecule has 0 saturated carbocycles. The van der Waals surface area contributed by atoms with E-state index in [2.05, 4.69) is 24.1 Å². The molecule has 5 heteroatoms. The van der Waals surface area contributed by atoms with E-state index >= 15 is 0 Å². The summed E-state index contributed by atoms with van der Waals surface area (Å²) in [6, 6.07) is 5.11. The Labute approximate surface area is 129 Å². The van der Waals surface area contributed by atoms with Crippen molar-refractivity contribution in [3.8, 4) is 5.75 Å². The van der Waals surface area contributed by atoms with Crippen molar-refractivity contribution in [2.24, 2.45) is 5.92 Å². The van der Waals surface area contributed by atoms with Gasteiger partial charge in [0.1, 0.15) is 6.61 Å². The van der Waals surface area contributed by atoms with Crippen LogP contribution in [0.3, 0.4) is 0 Å². The van der Waals surface area contributed by atoms with Crippen LogP contribution in [-0.4, -0.2) is 11.5 Å². The quantitative estimate of drug-likeness (QED) is 0.842. The van der Waals surface area contributed by atoms with Gasteiger partial charge in [-0.25, -0.2) is 9.37 Å². The Morgan fingerprint density at radius 2 is 2.19 bits per heavy atom. The number of nitrogens with zero attached hydrogens (tertiary/aromatic N) is 1. The second kappa shape index (κ2) is 7.52. The van der Waals surface area contributed by atoms with Gasteiger partial charge in [0.05, 0.1) is 9.88 Å². The van der Waals surface area contributed by atoms with Crippen LogP contribution in [0, 0.1) is 18.7 Å². The van der Waals surface area contributed by atoms with Crippen LogP contribution < -0.4 is 10.1 Å². The van der Waals surface area contributed by atoms with E-state index in [0.29, 0.717) is 19.1 Å². The molecule has 0 aliphatic heterocycles. The first kappa shape index (κ1) is 15.9.